The van der Waals surface area contributed by atoms with E-state index in [-0.39, 0.29) is 10.5 Å². The average molecular weight is 372 g/mol. The molecule has 0 bridgehead atoms. The van der Waals surface area contributed by atoms with Gasteiger partial charge in [0.1, 0.15) is 5.02 Å². The van der Waals surface area contributed by atoms with Crippen molar-refractivity contribution in [2.24, 2.45) is 0 Å². The zero-order valence-corrected chi connectivity index (χ0v) is 15.6. The highest BCUT2D eigenvalue weighted by atomic mass is 35.5. The van der Waals surface area contributed by atoms with Gasteiger partial charge in [0.25, 0.3) is 0 Å². The molecule has 0 N–H and O–H groups in total. The summed E-state index contributed by atoms with van der Waals surface area (Å²) in [4.78, 5) is 12.7. The molecule has 3 heteroatoms. The van der Waals surface area contributed by atoms with Crippen LogP contribution in [-0.2, 0) is 0 Å². The highest BCUT2D eigenvalue weighted by Crippen LogP contribution is 2.34. The van der Waals surface area contributed by atoms with Crippen LogP contribution in [0.1, 0.15) is 5.56 Å². The van der Waals surface area contributed by atoms with E-state index >= 15 is 0 Å². The van der Waals surface area contributed by atoms with Gasteiger partial charge in [-0.05, 0) is 24.1 Å². The summed E-state index contributed by atoms with van der Waals surface area (Å²) in [6.07, 6.45) is 0. The second-order valence-corrected chi connectivity index (χ2v) is 6.79. The summed E-state index contributed by atoms with van der Waals surface area (Å²) in [5.41, 5.74) is 5.31. The van der Waals surface area contributed by atoms with Crippen molar-refractivity contribution in [3.63, 3.8) is 0 Å². The molecule has 0 fully saturated rings. The fraction of sp³-hybridized carbons (Fsp3) is 0.0417. The molecule has 0 aliphatic rings. The van der Waals surface area contributed by atoms with Gasteiger partial charge in [0, 0.05) is 17.3 Å². The van der Waals surface area contributed by atoms with E-state index in [1.165, 1.54) is 0 Å². The molecule has 4 aromatic rings. The van der Waals surface area contributed by atoms with Crippen LogP contribution in [0.3, 0.4) is 0 Å². The maximum atomic E-state index is 12.7. The van der Waals surface area contributed by atoms with Crippen LogP contribution in [0.5, 0.6) is 0 Å². The first kappa shape index (κ1) is 17.3. The van der Waals surface area contributed by atoms with Crippen LogP contribution < -0.4 is 5.43 Å². The van der Waals surface area contributed by atoms with Crippen molar-refractivity contribution in [1.82, 2.24) is 4.57 Å². The number of hydrogen-bond acceptors (Lipinski definition) is 1. The minimum atomic E-state index is -0.181. The topological polar surface area (TPSA) is 22.0 Å². The molecule has 4 rings (SSSR count). The van der Waals surface area contributed by atoms with Gasteiger partial charge < -0.3 is 4.57 Å². The number of rotatable bonds is 3. The number of halogens is 1. The van der Waals surface area contributed by atoms with Crippen LogP contribution in [0.25, 0.3) is 28.2 Å². The lowest BCUT2D eigenvalue weighted by molar-refractivity contribution is 1.04. The highest BCUT2D eigenvalue weighted by Gasteiger charge is 2.19. The van der Waals surface area contributed by atoms with E-state index in [9.17, 15) is 4.79 Å². The summed E-state index contributed by atoms with van der Waals surface area (Å²) >= 11 is 6.56. The largest absolute Gasteiger partial charge is 0.307 e. The molecule has 0 saturated carbocycles. The van der Waals surface area contributed by atoms with Gasteiger partial charge in [-0.3, -0.25) is 4.79 Å². The smallest absolute Gasteiger partial charge is 0.201 e. The molecule has 1 aromatic heterocycles. The van der Waals surface area contributed by atoms with Crippen molar-refractivity contribution in [3.05, 3.63) is 112 Å². The van der Waals surface area contributed by atoms with Crippen molar-refractivity contribution < 1.29 is 0 Å². The lowest BCUT2D eigenvalue weighted by atomic mass is 10.0. The second kappa shape index (κ2) is 7.26. The summed E-state index contributed by atoms with van der Waals surface area (Å²) in [7, 11) is 0. The van der Waals surface area contributed by atoms with Crippen LogP contribution in [0.4, 0.5) is 0 Å². The predicted octanol–water partition coefficient (Wildman–Crippen LogP) is 6.13. The minimum Gasteiger partial charge on any atom is -0.307 e. The van der Waals surface area contributed by atoms with Crippen molar-refractivity contribution in [3.8, 4) is 28.2 Å². The minimum absolute atomic E-state index is 0.181. The van der Waals surface area contributed by atoms with Crippen LogP contribution in [0.15, 0.2) is 95.8 Å². The van der Waals surface area contributed by atoms with Gasteiger partial charge in [-0.25, -0.2) is 0 Å². The molecule has 3 aromatic carbocycles. The van der Waals surface area contributed by atoms with E-state index in [0.29, 0.717) is 5.69 Å². The molecule has 0 aliphatic carbocycles. The zero-order valence-electron chi connectivity index (χ0n) is 14.9. The number of para-hydroxylation sites is 1. The summed E-state index contributed by atoms with van der Waals surface area (Å²) in [5.74, 6) is 0. The number of pyridine rings is 1. The molecule has 0 spiro atoms. The van der Waals surface area contributed by atoms with E-state index in [2.05, 4.69) is 23.6 Å². The van der Waals surface area contributed by atoms with Gasteiger partial charge in [-0.15, -0.1) is 0 Å². The van der Waals surface area contributed by atoms with Gasteiger partial charge >= 0.3 is 0 Å². The Morgan fingerprint density at radius 1 is 0.741 bits per heavy atom. The maximum absolute atomic E-state index is 12.7. The first-order chi connectivity index (χ1) is 13.2. The number of aromatic nitrogens is 1. The Bertz CT molecular complexity index is 1150. The molecule has 0 amide bonds. The van der Waals surface area contributed by atoms with E-state index in [0.717, 1.165) is 28.1 Å². The molecule has 132 valence electrons. The molecule has 0 saturated heterocycles. The van der Waals surface area contributed by atoms with Gasteiger partial charge in [0.05, 0.1) is 11.4 Å². The molecule has 0 radical (unpaired) electrons. The van der Waals surface area contributed by atoms with E-state index in [1.807, 2.05) is 72.8 Å². The molecule has 27 heavy (non-hydrogen) atoms. The monoisotopic (exact) mass is 371 g/mol. The summed E-state index contributed by atoms with van der Waals surface area (Å²) in [6, 6.07) is 29.5. The average Bonchev–Trinajstić information content (AvgIpc) is 2.71. The van der Waals surface area contributed by atoms with Gasteiger partial charge in [0.15, 0.2) is 0 Å². The fourth-order valence-electron chi connectivity index (χ4n) is 3.33. The fourth-order valence-corrected chi connectivity index (χ4v) is 3.57. The molecule has 0 atom stereocenters. The summed E-state index contributed by atoms with van der Waals surface area (Å²) < 4.78 is 2.09. The Kier molecular flexibility index (Phi) is 4.66. The standard InChI is InChI=1S/C24H18ClNO/c1-17-10-8-9-15-20(17)26-21(18-11-4-2-5-12-18)16-22(27)23(25)24(26)19-13-6-3-7-14-19/h2-16H,1H3. The van der Waals surface area contributed by atoms with Crippen LogP contribution in [0.2, 0.25) is 5.02 Å². The first-order valence-corrected chi connectivity index (χ1v) is 9.17. The van der Waals surface area contributed by atoms with E-state index < -0.39 is 0 Å². The van der Waals surface area contributed by atoms with Crippen molar-refractivity contribution in [2.75, 3.05) is 0 Å². The third-order valence-corrected chi connectivity index (χ3v) is 4.99. The summed E-state index contributed by atoms with van der Waals surface area (Å²) in [5, 5.41) is 0.226. The summed E-state index contributed by atoms with van der Waals surface area (Å²) in [6.45, 7) is 2.06. The first-order valence-electron chi connectivity index (χ1n) is 8.79. The molecular formula is C24H18ClNO. The molecule has 1 heterocycles. The Hall–Kier alpha value is -3.10. The van der Waals surface area contributed by atoms with Crippen molar-refractivity contribution in [1.29, 1.82) is 0 Å². The number of aryl methyl sites for hydroxylation is 1. The van der Waals surface area contributed by atoms with Crippen LogP contribution >= 0.6 is 11.6 Å². The Balaban J connectivity index is 2.17. The van der Waals surface area contributed by atoms with Gasteiger partial charge in [-0.2, -0.15) is 0 Å². The second-order valence-electron chi connectivity index (χ2n) is 6.41. The lowest BCUT2D eigenvalue weighted by Gasteiger charge is -2.22. The highest BCUT2D eigenvalue weighted by molar-refractivity contribution is 6.33. The third-order valence-electron chi connectivity index (χ3n) is 4.63. The third kappa shape index (κ3) is 3.20. The molecule has 0 aliphatic heterocycles. The maximum Gasteiger partial charge on any atom is 0.201 e. The molecule has 2 nitrogen and oxygen atoms in total. The van der Waals surface area contributed by atoms with Crippen molar-refractivity contribution in [2.45, 2.75) is 6.92 Å². The Morgan fingerprint density at radius 2 is 1.30 bits per heavy atom. The van der Waals surface area contributed by atoms with Crippen molar-refractivity contribution >= 4 is 11.6 Å². The SMILES string of the molecule is Cc1ccccc1-n1c(-c2ccccc2)cc(=O)c(Cl)c1-c1ccccc1. The van der Waals surface area contributed by atoms with Crippen LogP contribution in [-0.4, -0.2) is 4.57 Å². The normalized spacial score (nSPS) is 10.7. The Morgan fingerprint density at radius 3 is 1.93 bits per heavy atom. The van der Waals surface area contributed by atoms with E-state index in [1.54, 1.807) is 6.07 Å². The van der Waals surface area contributed by atoms with Gasteiger partial charge in [-0.1, -0.05) is 90.5 Å². The number of hydrogen-bond donors (Lipinski definition) is 0. The van der Waals surface area contributed by atoms with Crippen LogP contribution in [0, 0.1) is 6.92 Å². The predicted molar refractivity (Wildman–Crippen MR) is 113 cm³/mol. The lowest BCUT2D eigenvalue weighted by Crippen LogP contribution is -2.14. The quantitative estimate of drug-likeness (QED) is 0.424. The van der Waals surface area contributed by atoms with E-state index in [4.69, 9.17) is 11.6 Å². The Labute approximate surface area is 163 Å². The number of benzene rings is 3. The number of nitrogens with zero attached hydrogens (tertiary/aromatic N) is 1. The molecular weight excluding hydrogens is 354 g/mol. The molecule has 0 unspecified atom stereocenters. The van der Waals surface area contributed by atoms with Gasteiger partial charge in [0.2, 0.25) is 5.43 Å². The zero-order chi connectivity index (χ0) is 18.8.